The minimum Gasteiger partial charge on any atom is -0.468 e. The van der Waals surface area contributed by atoms with E-state index in [4.69, 9.17) is 15.4 Å². The average molecular weight is 299 g/mol. The molecule has 6 heteroatoms. The van der Waals surface area contributed by atoms with Crippen LogP contribution in [-0.4, -0.2) is 16.0 Å². The van der Waals surface area contributed by atoms with Crippen LogP contribution in [0.25, 0.3) is 10.9 Å². The lowest BCUT2D eigenvalue weighted by molar-refractivity contribution is 0.318. The van der Waals surface area contributed by atoms with Crippen molar-refractivity contribution in [2.45, 2.75) is 16.8 Å². The summed E-state index contributed by atoms with van der Waals surface area (Å²) in [6.45, 7) is 1.90. The van der Waals surface area contributed by atoms with Gasteiger partial charge in [0.2, 0.25) is 0 Å². The predicted molar refractivity (Wildman–Crippen MR) is 81.8 cm³/mol. The Balaban J connectivity index is 2.14. The first-order valence-electron chi connectivity index (χ1n) is 6.28. The van der Waals surface area contributed by atoms with E-state index >= 15 is 0 Å². The fraction of sp³-hybridized carbons (Fsp3) is 0.0667. The summed E-state index contributed by atoms with van der Waals surface area (Å²) in [6, 6.07) is 11.3. The third-order valence-corrected chi connectivity index (χ3v) is 4.16. The molecule has 0 unspecified atom stereocenters. The Morgan fingerprint density at radius 1 is 1.33 bits per heavy atom. The van der Waals surface area contributed by atoms with Crippen LogP contribution in [0, 0.1) is 6.92 Å². The monoisotopic (exact) mass is 299 g/mol. The summed E-state index contributed by atoms with van der Waals surface area (Å²) in [6.07, 6.45) is 1.64. The molecule has 5 nitrogen and oxygen atoms in total. The van der Waals surface area contributed by atoms with E-state index in [-0.39, 0.29) is 5.84 Å². The van der Waals surface area contributed by atoms with Crippen molar-refractivity contribution in [2.24, 2.45) is 10.9 Å². The minimum absolute atomic E-state index is 0.0689. The Morgan fingerprint density at radius 3 is 2.86 bits per heavy atom. The van der Waals surface area contributed by atoms with E-state index in [1.807, 2.05) is 43.3 Å². The molecule has 2 heterocycles. The van der Waals surface area contributed by atoms with E-state index in [1.54, 1.807) is 6.26 Å². The summed E-state index contributed by atoms with van der Waals surface area (Å²) in [5.41, 5.74) is 7.23. The Kier molecular flexibility index (Phi) is 3.53. The molecule has 2 aromatic heterocycles. The van der Waals surface area contributed by atoms with Gasteiger partial charge in [0, 0.05) is 10.9 Å². The van der Waals surface area contributed by atoms with Crippen molar-refractivity contribution in [1.29, 1.82) is 0 Å². The number of amidine groups is 1. The van der Waals surface area contributed by atoms with Crippen LogP contribution in [0.2, 0.25) is 0 Å². The quantitative estimate of drug-likeness (QED) is 0.335. The van der Waals surface area contributed by atoms with Gasteiger partial charge in [0.1, 0.15) is 10.8 Å². The molecule has 106 valence electrons. The molecule has 0 saturated heterocycles. The molecular weight excluding hydrogens is 286 g/mol. The van der Waals surface area contributed by atoms with Crippen LogP contribution >= 0.6 is 11.8 Å². The van der Waals surface area contributed by atoms with Crippen molar-refractivity contribution in [3.63, 3.8) is 0 Å². The summed E-state index contributed by atoms with van der Waals surface area (Å²) in [7, 11) is 0. The molecule has 0 atom stereocenters. The van der Waals surface area contributed by atoms with E-state index in [1.165, 1.54) is 11.8 Å². The Hall–Kier alpha value is -2.47. The van der Waals surface area contributed by atoms with Gasteiger partial charge in [-0.2, -0.15) is 0 Å². The molecule has 0 radical (unpaired) electrons. The summed E-state index contributed by atoms with van der Waals surface area (Å²) in [5.74, 6) is 0.902. The Bertz CT molecular complexity index is 827. The normalized spacial score (nSPS) is 12.0. The highest BCUT2D eigenvalue weighted by molar-refractivity contribution is 7.99. The number of oxime groups is 1. The van der Waals surface area contributed by atoms with Gasteiger partial charge in [0.05, 0.1) is 16.7 Å². The second-order valence-corrected chi connectivity index (χ2v) is 5.52. The molecule has 0 bridgehead atoms. The summed E-state index contributed by atoms with van der Waals surface area (Å²) < 4.78 is 5.29. The molecule has 1 aromatic carbocycles. The minimum atomic E-state index is 0.0689. The number of nitrogens with two attached hydrogens (primary N) is 1. The predicted octanol–water partition coefficient (Wildman–Crippen LogP) is 3.38. The van der Waals surface area contributed by atoms with E-state index in [0.29, 0.717) is 5.56 Å². The van der Waals surface area contributed by atoms with Crippen LogP contribution in [0.1, 0.15) is 11.3 Å². The van der Waals surface area contributed by atoms with Crippen LogP contribution in [-0.2, 0) is 0 Å². The maximum absolute atomic E-state index is 8.96. The maximum atomic E-state index is 8.96. The number of pyridine rings is 1. The number of furan rings is 1. The van der Waals surface area contributed by atoms with E-state index in [2.05, 4.69) is 10.1 Å². The van der Waals surface area contributed by atoms with Crippen LogP contribution in [0.3, 0.4) is 0 Å². The lowest BCUT2D eigenvalue weighted by atomic mass is 10.1. The number of fused-ring (bicyclic) bond motifs is 1. The SMILES string of the molecule is Cc1occc1Sc1cc(/C(N)=N/O)c2ccccc2n1. The van der Waals surface area contributed by atoms with Crippen LogP contribution in [0.5, 0.6) is 0 Å². The number of hydrogen-bond acceptors (Lipinski definition) is 5. The number of hydrogen-bond donors (Lipinski definition) is 2. The standard InChI is InChI=1S/C15H13N3O2S/c1-9-13(6-7-20-9)21-14-8-11(15(16)18-19)10-4-2-3-5-12(10)17-14/h2-8,19H,1H3,(H2,16,18). The topological polar surface area (TPSA) is 84.6 Å². The van der Waals surface area contributed by atoms with Crippen molar-refractivity contribution >= 4 is 28.5 Å². The zero-order valence-corrected chi connectivity index (χ0v) is 12.1. The number of nitrogens with zero attached hydrogens (tertiary/aromatic N) is 2. The number of rotatable bonds is 3. The molecule has 3 rings (SSSR count). The molecule has 0 aliphatic rings. The Morgan fingerprint density at radius 2 is 2.14 bits per heavy atom. The number of benzene rings is 1. The molecule has 3 aromatic rings. The van der Waals surface area contributed by atoms with Crippen molar-refractivity contribution in [3.8, 4) is 0 Å². The van der Waals surface area contributed by atoms with Gasteiger partial charge < -0.3 is 15.4 Å². The van der Waals surface area contributed by atoms with Crippen LogP contribution in [0.15, 0.2) is 62.2 Å². The molecular formula is C15H13N3O2S. The van der Waals surface area contributed by atoms with Gasteiger partial charge in [-0.05, 0) is 25.1 Å². The molecule has 0 aliphatic carbocycles. The zero-order valence-electron chi connectivity index (χ0n) is 11.3. The number of para-hydroxylation sites is 1. The summed E-state index contributed by atoms with van der Waals surface area (Å²) in [4.78, 5) is 5.59. The van der Waals surface area contributed by atoms with Gasteiger partial charge in [-0.3, -0.25) is 0 Å². The third kappa shape index (κ3) is 2.57. The largest absolute Gasteiger partial charge is 0.468 e. The van der Waals surface area contributed by atoms with Gasteiger partial charge in [-0.1, -0.05) is 35.1 Å². The first-order chi connectivity index (χ1) is 10.2. The highest BCUT2D eigenvalue weighted by atomic mass is 32.2. The van der Waals surface area contributed by atoms with Crippen molar-refractivity contribution in [3.05, 3.63) is 54.0 Å². The number of aryl methyl sites for hydroxylation is 1. The van der Waals surface area contributed by atoms with E-state index < -0.39 is 0 Å². The smallest absolute Gasteiger partial charge is 0.170 e. The first-order valence-corrected chi connectivity index (χ1v) is 7.10. The highest BCUT2D eigenvalue weighted by Crippen LogP contribution is 2.32. The first kappa shape index (κ1) is 13.5. The fourth-order valence-electron chi connectivity index (χ4n) is 2.06. The van der Waals surface area contributed by atoms with Gasteiger partial charge in [0.15, 0.2) is 5.84 Å². The molecule has 0 aliphatic heterocycles. The molecule has 3 N–H and O–H groups in total. The lowest BCUT2D eigenvalue weighted by Gasteiger charge is -2.08. The maximum Gasteiger partial charge on any atom is 0.170 e. The second-order valence-electron chi connectivity index (χ2n) is 4.45. The second kappa shape index (κ2) is 5.49. The van der Waals surface area contributed by atoms with Crippen molar-refractivity contribution in [2.75, 3.05) is 0 Å². The summed E-state index contributed by atoms with van der Waals surface area (Å²) >= 11 is 1.48. The third-order valence-electron chi connectivity index (χ3n) is 3.10. The van der Waals surface area contributed by atoms with Gasteiger partial charge >= 0.3 is 0 Å². The lowest BCUT2D eigenvalue weighted by Crippen LogP contribution is -2.14. The van der Waals surface area contributed by atoms with Gasteiger partial charge in [-0.15, -0.1) is 0 Å². The zero-order chi connectivity index (χ0) is 14.8. The number of aromatic nitrogens is 1. The van der Waals surface area contributed by atoms with Gasteiger partial charge in [-0.25, -0.2) is 4.98 Å². The van der Waals surface area contributed by atoms with E-state index in [9.17, 15) is 0 Å². The highest BCUT2D eigenvalue weighted by Gasteiger charge is 2.11. The van der Waals surface area contributed by atoms with E-state index in [0.717, 1.165) is 26.6 Å². The fourth-order valence-corrected chi connectivity index (χ4v) is 2.92. The van der Waals surface area contributed by atoms with Crippen LogP contribution < -0.4 is 5.73 Å². The van der Waals surface area contributed by atoms with Crippen molar-refractivity contribution < 1.29 is 9.62 Å². The summed E-state index contributed by atoms with van der Waals surface area (Å²) in [5, 5.41) is 13.7. The Labute approximate surface area is 125 Å². The average Bonchev–Trinajstić information content (AvgIpc) is 2.91. The molecule has 0 spiro atoms. The molecule has 21 heavy (non-hydrogen) atoms. The van der Waals surface area contributed by atoms with Gasteiger partial charge in [0.25, 0.3) is 0 Å². The molecule has 0 saturated carbocycles. The molecule has 0 amide bonds. The molecule has 0 fully saturated rings. The van der Waals surface area contributed by atoms with Crippen molar-refractivity contribution in [1.82, 2.24) is 4.98 Å². The van der Waals surface area contributed by atoms with Crippen LogP contribution in [0.4, 0.5) is 0 Å².